The molecule has 4 nitrogen and oxygen atoms in total. The molecule has 0 saturated carbocycles. The zero-order valence-electron chi connectivity index (χ0n) is 12.0. The molecule has 7 heteroatoms. The summed E-state index contributed by atoms with van der Waals surface area (Å²) in [6.07, 6.45) is -2.30. The maximum Gasteiger partial charge on any atom is 0.411 e. The van der Waals surface area contributed by atoms with E-state index in [1.807, 2.05) is 13.8 Å². The zero-order chi connectivity index (χ0) is 15.2. The standard InChI is InChI=1S/C13H23F3N2O2/c1-12(2,10-4-3-5-17-8-10)11(19)18-6-7-20-9-13(14,15)16/h10,17H,3-9H2,1-2H3,(H,18,19). The van der Waals surface area contributed by atoms with Gasteiger partial charge in [0.1, 0.15) is 6.61 Å². The van der Waals surface area contributed by atoms with Crippen molar-refractivity contribution >= 4 is 5.91 Å². The number of alkyl halides is 3. The molecule has 1 heterocycles. The molecule has 0 radical (unpaired) electrons. The predicted molar refractivity (Wildman–Crippen MR) is 69.3 cm³/mol. The second-order valence-corrected chi connectivity index (χ2v) is 5.69. The summed E-state index contributed by atoms with van der Waals surface area (Å²) in [5.74, 6) is 0.106. The lowest BCUT2D eigenvalue weighted by Gasteiger charge is -2.36. The number of carbonyl (C=O) groups excluding carboxylic acids is 1. The average molecular weight is 296 g/mol. The van der Waals surface area contributed by atoms with Gasteiger partial charge in [0.2, 0.25) is 5.91 Å². The van der Waals surface area contributed by atoms with Crippen molar-refractivity contribution < 1.29 is 22.7 Å². The zero-order valence-corrected chi connectivity index (χ0v) is 12.0. The van der Waals surface area contributed by atoms with Crippen LogP contribution in [0.3, 0.4) is 0 Å². The summed E-state index contributed by atoms with van der Waals surface area (Å²) in [5, 5.41) is 5.91. The van der Waals surface area contributed by atoms with Gasteiger partial charge in [-0.1, -0.05) is 13.8 Å². The van der Waals surface area contributed by atoms with Gasteiger partial charge in [0.05, 0.1) is 6.61 Å². The Hall–Kier alpha value is -0.820. The molecule has 118 valence electrons. The Balaban J connectivity index is 2.27. The van der Waals surface area contributed by atoms with Crippen molar-refractivity contribution in [3.05, 3.63) is 0 Å². The van der Waals surface area contributed by atoms with Crippen LogP contribution < -0.4 is 10.6 Å². The van der Waals surface area contributed by atoms with Crippen LogP contribution in [0.25, 0.3) is 0 Å². The normalized spacial score (nSPS) is 20.8. The first-order valence-electron chi connectivity index (χ1n) is 6.87. The molecule has 1 rings (SSSR count). The van der Waals surface area contributed by atoms with E-state index in [9.17, 15) is 18.0 Å². The molecule has 0 aromatic carbocycles. The molecule has 1 unspecified atom stereocenters. The third-order valence-corrected chi connectivity index (χ3v) is 3.70. The second-order valence-electron chi connectivity index (χ2n) is 5.69. The van der Waals surface area contributed by atoms with Crippen LogP contribution in [0.2, 0.25) is 0 Å². The fourth-order valence-electron chi connectivity index (χ4n) is 2.31. The minimum atomic E-state index is -4.32. The first kappa shape index (κ1) is 17.2. The molecule has 0 aliphatic carbocycles. The maximum atomic E-state index is 12.1. The van der Waals surface area contributed by atoms with Crippen LogP contribution >= 0.6 is 0 Å². The number of nitrogens with one attached hydrogen (secondary N) is 2. The second kappa shape index (κ2) is 7.26. The van der Waals surface area contributed by atoms with Crippen molar-refractivity contribution in [2.24, 2.45) is 11.3 Å². The Kier molecular flexibility index (Phi) is 6.26. The highest BCUT2D eigenvalue weighted by atomic mass is 19.4. The van der Waals surface area contributed by atoms with E-state index in [0.717, 1.165) is 25.9 Å². The maximum absolute atomic E-state index is 12.1. The van der Waals surface area contributed by atoms with Crippen molar-refractivity contribution in [1.82, 2.24) is 10.6 Å². The van der Waals surface area contributed by atoms with Gasteiger partial charge in [-0.3, -0.25) is 4.79 Å². The number of rotatable bonds is 6. The quantitative estimate of drug-likeness (QED) is 0.734. The van der Waals surface area contributed by atoms with Gasteiger partial charge in [-0.05, 0) is 31.8 Å². The number of amides is 1. The van der Waals surface area contributed by atoms with Crippen LogP contribution in [-0.2, 0) is 9.53 Å². The molecule has 0 aromatic heterocycles. The van der Waals surface area contributed by atoms with Crippen LogP contribution in [0, 0.1) is 11.3 Å². The highest BCUT2D eigenvalue weighted by Crippen LogP contribution is 2.31. The molecule has 0 aromatic rings. The van der Waals surface area contributed by atoms with E-state index in [4.69, 9.17) is 0 Å². The lowest BCUT2D eigenvalue weighted by atomic mass is 9.74. The lowest BCUT2D eigenvalue weighted by Crippen LogP contribution is -2.47. The smallest absolute Gasteiger partial charge is 0.370 e. The molecule has 0 spiro atoms. The van der Waals surface area contributed by atoms with Gasteiger partial charge in [-0.15, -0.1) is 0 Å². The molecule has 1 atom stereocenters. The van der Waals surface area contributed by atoms with E-state index < -0.39 is 18.2 Å². The highest BCUT2D eigenvalue weighted by molar-refractivity contribution is 5.82. The summed E-state index contributed by atoms with van der Waals surface area (Å²) in [5.41, 5.74) is -0.530. The van der Waals surface area contributed by atoms with Gasteiger partial charge in [-0.2, -0.15) is 13.2 Å². The van der Waals surface area contributed by atoms with E-state index in [-0.39, 0.29) is 25.0 Å². The van der Waals surface area contributed by atoms with Crippen LogP contribution in [-0.4, -0.2) is 44.9 Å². The predicted octanol–water partition coefficient (Wildman–Crippen LogP) is 1.71. The third kappa shape index (κ3) is 5.66. The third-order valence-electron chi connectivity index (χ3n) is 3.70. The number of ether oxygens (including phenoxy) is 1. The van der Waals surface area contributed by atoms with Crippen molar-refractivity contribution in [3.63, 3.8) is 0 Å². The van der Waals surface area contributed by atoms with E-state index in [2.05, 4.69) is 15.4 Å². The monoisotopic (exact) mass is 296 g/mol. The summed E-state index contributed by atoms with van der Waals surface area (Å²) in [6.45, 7) is 4.19. The van der Waals surface area contributed by atoms with Crippen molar-refractivity contribution in [3.8, 4) is 0 Å². The summed E-state index contributed by atoms with van der Waals surface area (Å²) >= 11 is 0. The Labute approximate surface area is 117 Å². The minimum Gasteiger partial charge on any atom is -0.370 e. The Morgan fingerprint density at radius 1 is 1.40 bits per heavy atom. The molecular weight excluding hydrogens is 273 g/mol. The van der Waals surface area contributed by atoms with Gasteiger partial charge in [0.15, 0.2) is 0 Å². The van der Waals surface area contributed by atoms with Crippen molar-refractivity contribution in [2.45, 2.75) is 32.9 Å². The van der Waals surface area contributed by atoms with E-state index >= 15 is 0 Å². The van der Waals surface area contributed by atoms with Crippen molar-refractivity contribution in [2.75, 3.05) is 32.8 Å². The number of piperidine rings is 1. The van der Waals surface area contributed by atoms with Gasteiger partial charge >= 0.3 is 6.18 Å². The van der Waals surface area contributed by atoms with Crippen LogP contribution in [0.1, 0.15) is 26.7 Å². The number of hydrogen-bond acceptors (Lipinski definition) is 3. The SMILES string of the molecule is CC(C)(C(=O)NCCOCC(F)(F)F)C1CCCNC1. The first-order chi connectivity index (χ1) is 9.23. The summed E-state index contributed by atoms with van der Waals surface area (Å²) in [7, 11) is 0. The summed E-state index contributed by atoms with van der Waals surface area (Å²) in [4.78, 5) is 12.1. The Morgan fingerprint density at radius 3 is 2.65 bits per heavy atom. The Morgan fingerprint density at radius 2 is 2.10 bits per heavy atom. The molecule has 1 fully saturated rings. The molecule has 20 heavy (non-hydrogen) atoms. The minimum absolute atomic E-state index is 0.0957. The van der Waals surface area contributed by atoms with E-state index in [0.29, 0.717) is 0 Å². The highest BCUT2D eigenvalue weighted by Gasteiger charge is 2.37. The number of hydrogen-bond donors (Lipinski definition) is 2. The molecule has 0 bridgehead atoms. The largest absolute Gasteiger partial charge is 0.411 e. The molecule has 1 amide bonds. The molecule has 1 aliphatic heterocycles. The first-order valence-corrected chi connectivity index (χ1v) is 6.87. The van der Waals surface area contributed by atoms with Crippen molar-refractivity contribution in [1.29, 1.82) is 0 Å². The molecular formula is C13H23F3N2O2. The summed E-state index contributed by atoms with van der Waals surface area (Å²) in [6, 6.07) is 0. The lowest BCUT2D eigenvalue weighted by molar-refractivity contribution is -0.173. The number of halogens is 3. The average Bonchev–Trinajstić information content (AvgIpc) is 2.37. The summed E-state index contributed by atoms with van der Waals surface area (Å²) < 4.78 is 40.0. The fourth-order valence-corrected chi connectivity index (χ4v) is 2.31. The topological polar surface area (TPSA) is 50.4 Å². The fraction of sp³-hybridized carbons (Fsp3) is 0.923. The van der Waals surface area contributed by atoms with Gasteiger partial charge < -0.3 is 15.4 Å². The molecule has 2 N–H and O–H groups in total. The van der Waals surface area contributed by atoms with Gasteiger partial charge in [0, 0.05) is 12.0 Å². The van der Waals surface area contributed by atoms with Crippen LogP contribution in [0.15, 0.2) is 0 Å². The van der Waals surface area contributed by atoms with E-state index in [1.165, 1.54) is 0 Å². The van der Waals surface area contributed by atoms with E-state index in [1.54, 1.807) is 0 Å². The van der Waals surface area contributed by atoms with Crippen LogP contribution in [0.4, 0.5) is 13.2 Å². The Bertz CT molecular complexity index is 313. The van der Waals surface area contributed by atoms with Gasteiger partial charge in [-0.25, -0.2) is 0 Å². The molecule has 1 saturated heterocycles. The van der Waals surface area contributed by atoms with Crippen LogP contribution in [0.5, 0.6) is 0 Å². The number of carbonyl (C=O) groups is 1. The van der Waals surface area contributed by atoms with Gasteiger partial charge in [0.25, 0.3) is 0 Å². The molecule has 1 aliphatic rings.